The van der Waals surface area contributed by atoms with E-state index in [1.54, 1.807) is 12.1 Å². The van der Waals surface area contributed by atoms with Crippen LogP contribution in [-0.4, -0.2) is 49.8 Å². The van der Waals surface area contributed by atoms with Crippen LogP contribution in [0.2, 0.25) is 5.02 Å². The fourth-order valence-corrected chi connectivity index (χ4v) is 4.29. The molecule has 6 nitrogen and oxygen atoms in total. The Labute approximate surface area is 182 Å². The maximum Gasteiger partial charge on any atom is 0.238 e. The van der Waals surface area contributed by atoms with Gasteiger partial charge in [-0.2, -0.15) is 0 Å². The van der Waals surface area contributed by atoms with Gasteiger partial charge in [0.2, 0.25) is 5.91 Å². The molecule has 2 aromatic rings. The lowest BCUT2D eigenvalue weighted by Gasteiger charge is -2.35. The number of aliphatic hydroxyl groups is 1. The second-order valence-corrected chi connectivity index (χ2v) is 7.80. The van der Waals surface area contributed by atoms with E-state index in [0.29, 0.717) is 35.2 Å². The van der Waals surface area contributed by atoms with Crippen LogP contribution in [0, 0.1) is 0 Å². The number of carbonyl (C=O) groups excluding carboxylic acids is 1. The van der Waals surface area contributed by atoms with Gasteiger partial charge in [0.25, 0.3) is 0 Å². The first-order chi connectivity index (χ1) is 14.6. The minimum atomic E-state index is -0.154. The van der Waals surface area contributed by atoms with E-state index in [2.05, 4.69) is 28.4 Å². The van der Waals surface area contributed by atoms with Crippen molar-refractivity contribution in [2.75, 3.05) is 39.2 Å². The van der Waals surface area contributed by atoms with Crippen LogP contribution < -0.4 is 14.8 Å². The Hall–Kier alpha value is -2.28. The number of fused-ring (bicyclic) bond motifs is 1. The maximum absolute atomic E-state index is 12.9. The Balaban J connectivity index is 1.79. The highest BCUT2D eigenvalue weighted by Crippen LogP contribution is 2.37. The van der Waals surface area contributed by atoms with Gasteiger partial charge in [-0.25, -0.2) is 0 Å². The quantitative estimate of drug-likeness (QED) is 0.625. The number of rotatable bonds is 9. The summed E-state index contributed by atoms with van der Waals surface area (Å²) < 4.78 is 10.6. The van der Waals surface area contributed by atoms with Gasteiger partial charge in [-0.15, -0.1) is 0 Å². The summed E-state index contributed by atoms with van der Waals surface area (Å²) in [5.74, 6) is 0.781. The van der Waals surface area contributed by atoms with E-state index in [0.717, 1.165) is 19.3 Å². The van der Waals surface area contributed by atoms with E-state index in [-0.39, 0.29) is 25.1 Å². The second kappa shape index (κ2) is 10.7. The van der Waals surface area contributed by atoms with Crippen molar-refractivity contribution in [3.8, 4) is 11.5 Å². The summed E-state index contributed by atoms with van der Waals surface area (Å²) in [5.41, 5.74) is 3.13. The first-order valence-corrected chi connectivity index (χ1v) is 10.6. The van der Waals surface area contributed by atoms with Crippen molar-refractivity contribution in [2.45, 2.75) is 31.7 Å². The third-order valence-electron chi connectivity index (χ3n) is 5.48. The first kappa shape index (κ1) is 22.4. The number of hydrogen-bond donors (Lipinski definition) is 2. The molecule has 0 fully saturated rings. The zero-order valence-electron chi connectivity index (χ0n) is 17.5. The summed E-state index contributed by atoms with van der Waals surface area (Å²) >= 11 is 6.16. The van der Waals surface area contributed by atoms with Crippen LogP contribution in [0.3, 0.4) is 0 Å². The summed E-state index contributed by atoms with van der Waals surface area (Å²) in [6, 6.07) is 11.9. The number of anilines is 1. The molecule has 0 heterocycles. The molecule has 162 valence electrons. The standard InChI is InChI=1S/C23H29ClN2O4/c1-29-21-14-19(22(30-2)13-18(21)24)25-23(28)15-26(11-6-12-27)20-10-5-8-16-7-3-4-9-17(16)20/h3-4,7,9,13-14,20,27H,5-6,8,10-12,15H2,1-2H3,(H,25,28). The number of halogens is 1. The van der Waals surface area contributed by atoms with Gasteiger partial charge in [0.1, 0.15) is 11.5 Å². The third kappa shape index (κ3) is 5.25. The van der Waals surface area contributed by atoms with Gasteiger partial charge in [0.05, 0.1) is 31.5 Å². The lowest BCUT2D eigenvalue weighted by molar-refractivity contribution is -0.118. The van der Waals surface area contributed by atoms with Crippen LogP contribution in [0.15, 0.2) is 36.4 Å². The molecular weight excluding hydrogens is 404 g/mol. The monoisotopic (exact) mass is 432 g/mol. The molecule has 0 saturated carbocycles. The van der Waals surface area contributed by atoms with E-state index in [9.17, 15) is 9.90 Å². The lowest BCUT2D eigenvalue weighted by atomic mass is 9.86. The van der Waals surface area contributed by atoms with E-state index in [4.69, 9.17) is 21.1 Å². The molecule has 1 amide bonds. The van der Waals surface area contributed by atoms with E-state index >= 15 is 0 Å². The molecule has 7 heteroatoms. The second-order valence-electron chi connectivity index (χ2n) is 7.39. The smallest absolute Gasteiger partial charge is 0.238 e. The highest BCUT2D eigenvalue weighted by molar-refractivity contribution is 6.32. The van der Waals surface area contributed by atoms with Gasteiger partial charge in [0, 0.05) is 31.3 Å². The number of aryl methyl sites for hydroxylation is 1. The van der Waals surface area contributed by atoms with E-state index in [1.807, 2.05) is 6.07 Å². The first-order valence-electron chi connectivity index (χ1n) is 10.2. The molecule has 3 rings (SSSR count). The molecule has 2 N–H and O–H groups in total. The normalized spacial score (nSPS) is 15.6. The molecule has 2 aromatic carbocycles. The predicted octanol–water partition coefficient (Wildman–Crippen LogP) is 4.06. The Kier molecular flexibility index (Phi) is 7.96. The van der Waals surface area contributed by atoms with Crippen LogP contribution in [0.1, 0.15) is 36.4 Å². The van der Waals surface area contributed by atoms with Crippen molar-refractivity contribution in [1.82, 2.24) is 4.90 Å². The van der Waals surface area contributed by atoms with E-state index in [1.165, 1.54) is 25.3 Å². The van der Waals surface area contributed by atoms with Gasteiger partial charge in [-0.05, 0) is 36.8 Å². The van der Waals surface area contributed by atoms with Gasteiger partial charge in [-0.3, -0.25) is 9.69 Å². The van der Waals surface area contributed by atoms with Gasteiger partial charge < -0.3 is 19.9 Å². The molecule has 0 aromatic heterocycles. The Morgan fingerprint density at radius 3 is 2.73 bits per heavy atom. The predicted molar refractivity (Wildman–Crippen MR) is 119 cm³/mol. The minimum Gasteiger partial charge on any atom is -0.495 e. The zero-order valence-corrected chi connectivity index (χ0v) is 18.2. The average molecular weight is 433 g/mol. The lowest BCUT2D eigenvalue weighted by Crippen LogP contribution is -2.38. The van der Waals surface area contributed by atoms with Crippen LogP contribution >= 0.6 is 11.6 Å². The average Bonchev–Trinajstić information content (AvgIpc) is 2.77. The fourth-order valence-electron chi connectivity index (χ4n) is 4.06. The van der Waals surface area contributed by atoms with Crippen molar-refractivity contribution in [3.05, 3.63) is 52.5 Å². The maximum atomic E-state index is 12.9. The molecule has 0 aliphatic heterocycles. The van der Waals surface area contributed by atoms with Crippen molar-refractivity contribution in [3.63, 3.8) is 0 Å². The minimum absolute atomic E-state index is 0.0920. The molecule has 0 radical (unpaired) electrons. The van der Waals surface area contributed by atoms with Crippen LogP contribution in [0.25, 0.3) is 0 Å². The number of carbonyl (C=O) groups is 1. The van der Waals surface area contributed by atoms with Gasteiger partial charge in [0.15, 0.2) is 0 Å². The zero-order chi connectivity index (χ0) is 21.5. The number of hydrogen-bond acceptors (Lipinski definition) is 5. The summed E-state index contributed by atoms with van der Waals surface area (Å²) in [5, 5.41) is 12.7. The Morgan fingerprint density at radius 1 is 1.23 bits per heavy atom. The third-order valence-corrected chi connectivity index (χ3v) is 5.77. The number of aliphatic hydroxyl groups excluding tert-OH is 1. The highest BCUT2D eigenvalue weighted by atomic mass is 35.5. The SMILES string of the molecule is COc1cc(NC(=O)CN(CCCO)C2CCCc3ccccc32)c(OC)cc1Cl. The van der Waals surface area contributed by atoms with Crippen molar-refractivity contribution < 1.29 is 19.4 Å². The van der Waals surface area contributed by atoms with Crippen LogP contribution in [0.5, 0.6) is 11.5 Å². The van der Waals surface area contributed by atoms with Crippen LogP contribution in [0.4, 0.5) is 5.69 Å². The number of amides is 1. The Morgan fingerprint density at radius 2 is 2.00 bits per heavy atom. The summed E-state index contributed by atoms with van der Waals surface area (Å²) in [4.78, 5) is 15.1. The number of nitrogens with one attached hydrogen (secondary N) is 1. The molecule has 1 unspecified atom stereocenters. The van der Waals surface area contributed by atoms with Crippen LogP contribution in [-0.2, 0) is 11.2 Å². The van der Waals surface area contributed by atoms with Crippen molar-refractivity contribution in [2.24, 2.45) is 0 Å². The number of methoxy groups -OCH3 is 2. The molecule has 0 saturated heterocycles. The summed E-state index contributed by atoms with van der Waals surface area (Å²) in [6.45, 7) is 0.950. The van der Waals surface area contributed by atoms with Crippen molar-refractivity contribution in [1.29, 1.82) is 0 Å². The fraction of sp³-hybridized carbons (Fsp3) is 0.435. The molecule has 30 heavy (non-hydrogen) atoms. The summed E-state index contributed by atoms with van der Waals surface area (Å²) in [7, 11) is 3.05. The number of nitrogens with zero attached hydrogens (tertiary/aromatic N) is 1. The number of ether oxygens (including phenoxy) is 2. The summed E-state index contributed by atoms with van der Waals surface area (Å²) in [6.07, 6.45) is 3.76. The highest BCUT2D eigenvalue weighted by Gasteiger charge is 2.27. The topological polar surface area (TPSA) is 71.0 Å². The molecule has 1 atom stereocenters. The molecule has 1 aliphatic rings. The largest absolute Gasteiger partial charge is 0.495 e. The molecule has 0 bridgehead atoms. The molecule has 1 aliphatic carbocycles. The van der Waals surface area contributed by atoms with Gasteiger partial charge >= 0.3 is 0 Å². The molecular formula is C23H29ClN2O4. The van der Waals surface area contributed by atoms with Crippen molar-refractivity contribution >= 4 is 23.2 Å². The Bertz CT molecular complexity index is 874. The van der Waals surface area contributed by atoms with E-state index < -0.39 is 0 Å². The number of benzene rings is 2. The van der Waals surface area contributed by atoms with Gasteiger partial charge in [-0.1, -0.05) is 35.9 Å². The molecule has 0 spiro atoms.